The number of carbonyl (C=O) groups is 1. The molecule has 1 atom stereocenters. The minimum Gasteiger partial charge on any atom is -0.360 e. The molecule has 1 aromatic carbocycles. The maximum Gasteiger partial charge on any atom is 0.259 e. The van der Waals surface area contributed by atoms with Gasteiger partial charge in [-0.1, -0.05) is 18.6 Å². The predicted octanol–water partition coefficient (Wildman–Crippen LogP) is 1.84. The Balaban J connectivity index is 1.62. The Kier molecular flexibility index (Phi) is 3.65. The lowest BCUT2D eigenvalue weighted by Crippen LogP contribution is -2.56. The van der Waals surface area contributed by atoms with E-state index in [1.165, 1.54) is 12.8 Å². The largest absolute Gasteiger partial charge is 0.360 e. The minimum atomic E-state index is -0.171. The second-order valence-electron chi connectivity index (χ2n) is 6.51. The summed E-state index contributed by atoms with van der Waals surface area (Å²) >= 11 is 0. The molecule has 2 aliphatic rings. The highest BCUT2D eigenvalue weighted by atomic mass is 16.2. The van der Waals surface area contributed by atoms with Crippen molar-refractivity contribution in [2.24, 2.45) is 0 Å². The molecule has 2 aromatic rings. The van der Waals surface area contributed by atoms with Crippen molar-refractivity contribution in [1.29, 1.82) is 0 Å². The number of amides is 1. The Morgan fingerprint density at radius 1 is 1.13 bits per heavy atom. The summed E-state index contributed by atoms with van der Waals surface area (Å²) in [7, 11) is 0. The number of carbonyl (C=O) groups excluding carboxylic acids is 1. The Hall–Kier alpha value is -2.14. The molecule has 3 heterocycles. The SMILES string of the molecule is O=C(c1c[nH]c2ccccc2c1=O)N1CCN2CCCCC2C1. The number of rotatable bonds is 1. The van der Waals surface area contributed by atoms with Crippen LogP contribution in [0.15, 0.2) is 35.3 Å². The van der Waals surface area contributed by atoms with Gasteiger partial charge in [0.25, 0.3) is 5.91 Å². The van der Waals surface area contributed by atoms with Crippen LogP contribution in [0.4, 0.5) is 0 Å². The third-order valence-electron chi connectivity index (χ3n) is 5.14. The van der Waals surface area contributed by atoms with Gasteiger partial charge in [-0.3, -0.25) is 14.5 Å². The molecular formula is C18H21N3O2. The Labute approximate surface area is 134 Å². The van der Waals surface area contributed by atoms with E-state index < -0.39 is 0 Å². The number of fused-ring (bicyclic) bond motifs is 2. The van der Waals surface area contributed by atoms with Crippen molar-refractivity contribution in [1.82, 2.24) is 14.8 Å². The molecule has 2 aliphatic heterocycles. The van der Waals surface area contributed by atoms with E-state index in [0.717, 1.165) is 31.6 Å². The number of aromatic nitrogens is 1. The number of pyridine rings is 1. The topological polar surface area (TPSA) is 56.4 Å². The number of piperidine rings is 1. The molecule has 0 spiro atoms. The Morgan fingerprint density at radius 2 is 2.00 bits per heavy atom. The van der Waals surface area contributed by atoms with Gasteiger partial charge in [0.15, 0.2) is 0 Å². The molecule has 0 aliphatic carbocycles. The van der Waals surface area contributed by atoms with Gasteiger partial charge in [-0.2, -0.15) is 0 Å². The summed E-state index contributed by atoms with van der Waals surface area (Å²) in [4.78, 5) is 32.9. The molecule has 5 nitrogen and oxygen atoms in total. The summed E-state index contributed by atoms with van der Waals surface area (Å²) in [5.74, 6) is -0.137. The first kappa shape index (κ1) is 14.5. The van der Waals surface area contributed by atoms with Gasteiger partial charge in [-0.15, -0.1) is 0 Å². The zero-order valence-corrected chi connectivity index (χ0v) is 13.1. The number of hydrogen-bond donors (Lipinski definition) is 1. The molecule has 1 amide bonds. The highest BCUT2D eigenvalue weighted by Gasteiger charge is 2.32. The summed E-state index contributed by atoms with van der Waals surface area (Å²) in [5, 5.41) is 0.578. The lowest BCUT2D eigenvalue weighted by molar-refractivity contribution is 0.0371. The number of benzene rings is 1. The predicted molar refractivity (Wildman–Crippen MR) is 89.7 cm³/mol. The first-order chi connectivity index (χ1) is 11.2. The molecule has 0 saturated carbocycles. The van der Waals surface area contributed by atoms with E-state index in [1.54, 1.807) is 12.3 Å². The Bertz CT molecular complexity index is 798. The highest BCUT2D eigenvalue weighted by molar-refractivity contribution is 5.97. The lowest BCUT2D eigenvalue weighted by atomic mass is 9.99. The first-order valence-electron chi connectivity index (χ1n) is 8.38. The maximum absolute atomic E-state index is 12.8. The van der Waals surface area contributed by atoms with Crippen LogP contribution in [-0.4, -0.2) is 52.9 Å². The van der Waals surface area contributed by atoms with E-state index in [-0.39, 0.29) is 16.9 Å². The van der Waals surface area contributed by atoms with Gasteiger partial charge in [0, 0.05) is 42.8 Å². The van der Waals surface area contributed by atoms with Crippen molar-refractivity contribution >= 4 is 16.8 Å². The van der Waals surface area contributed by atoms with Gasteiger partial charge >= 0.3 is 0 Å². The van der Waals surface area contributed by atoms with Crippen molar-refractivity contribution in [2.45, 2.75) is 25.3 Å². The van der Waals surface area contributed by atoms with E-state index in [2.05, 4.69) is 9.88 Å². The van der Waals surface area contributed by atoms with Crippen molar-refractivity contribution in [3.8, 4) is 0 Å². The normalized spacial score (nSPS) is 22.1. The minimum absolute atomic E-state index is 0.137. The molecule has 0 bridgehead atoms. The van der Waals surface area contributed by atoms with E-state index in [4.69, 9.17) is 0 Å². The molecule has 120 valence electrons. The average molecular weight is 311 g/mol. The molecule has 1 N–H and O–H groups in total. The van der Waals surface area contributed by atoms with Crippen molar-refractivity contribution in [3.63, 3.8) is 0 Å². The molecule has 23 heavy (non-hydrogen) atoms. The van der Waals surface area contributed by atoms with Crippen LogP contribution in [0.1, 0.15) is 29.6 Å². The number of hydrogen-bond acceptors (Lipinski definition) is 3. The number of nitrogens with one attached hydrogen (secondary N) is 1. The molecule has 5 heteroatoms. The quantitative estimate of drug-likeness (QED) is 0.874. The molecule has 0 radical (unpaired) electrons. The summed E-state index contributed by atoms with van der Waals surface area (Å²) in [6, 6.07) is 7.78. The molecule has 2 saturated heterocycles. The number of para-hydroxylation sites is 1. The van der Waals surface area contributed by atoms with Gasteiger partial charge in [0.2, 0.25) is 5.43 Å². The summed E-state index contributed by atoms with van der Waals surface area (Å²) < 4.78 is 0. The Morgan fingerprint density at radius 3 is 2.91 bits per heavy atom. The summed E-state index contributed by atoms with van der Waals surface area (Å²) in [5.41, 5.74) is 0.856. The highest BCUT2D eigenvalue weighted by Crippen LogP contribution is 2.22. The van der Waals surface area contributed by atoms with Crippen LogP contribution in [0.5, 0.6) is 0 Å². The zero-order chi connectivity index (χ0) is 15.8. The molecule has 2 fully saturated rings. The van der Waals surface area contributed by atoms with Crippen LogP contribution in [-0.2, 0) is 0 Å². The standard InChI is InChI=1S/C18H21N3O2/c22-17-14-6-1-2-7-16(14)19-11-15(17)18(23)21-10-9-20-8-4-3-5-13(20)12-21/h1-2,6-7,11,13H,3-5,8-10,12H2,(H,19,22). The molecule has 1 aromatic heterocycles. The first-order valence-corrected chi connectivity index (χ1v) is 8.38. The average Bonchev–Trinajstić information content (AvgIpc) is 2.61. The zero-order valence-electron chi connectivity index (χ0n) is 13.1. The number of H-pyrrole nitrogens is 1. The van der Waals surface area contributed by atoms with Gasteiger partial charge in [-0.25, -0.2) is 0 Å². The number of aromatic amines is 1. The van der Waals surface area contributed by atoms with Crippen molar-refractivity contribution in [2.75, 3.05) is 26.2 Å². The van der Waals surface area contributed by atoms with Crippen LogP contribution < -0.4 is 5.43 Å². The van der Waals surface area contributed by atoms with Crippen LogP contribution in [0, 0.1) is 0 Å². The monoisotopic (exact) mass is 311 g/mol. The van der Waals surface area contributed by atoms with Gasteiger partial charge in [0.1, 0.15) is 5.56 Å². The third-order valence-corrected chi connectivity index (χ3v) is 5.14. The van der Waals surface area contributed by atoms with Gasteiger partial charge in [-0.05, 0) is 31.5 Å². The maximum atomic E-state index is 12.8. The molecule has 4 rings (SSSR count). The summed E-state index contributed by atoms with van der Waals surface area (Å²) in [6.45, 7) is 3.51. The van der Waals surface area contributed by atoms with Gasteiger partial charge in [0.05, 0.1) is 0 Å². The van der Waals surface area contributed by atoms with E-state index in [0.29, 0.717) is 18.0 Å². The second-order valence-corrected chi connectivity index (χ2v) is 6.51. The van der Waals surface area contributed by atoms with Crippen molar-refractivity contribution < 1.29 is 4.79 Å². The fourth-order valence-electron chi connectivity index (χ4n) is 3.84. The smallest absolute Gasteiger partial charge is 0.259 e. The van der Waals surface area contributed by atoms with E-state index in [1.807, 2.05) is 23.1 Å². The fourth-order valence-corrected chi connectivity index (χ4v) is 3.84. The van der Waals surface area contributed by atoms with E-state index in [9.17, 15) is 9.59 Å². The summed E-state index contributed by atoms with van der Waals surface area (Å²) in [6.07, 6.45) is 5.21. The molecule has 1 unspecified atom stereocenters. The van der Waals surface area contributed by atoms with Crippen LogP contribution in [0.3, 0.4) is 0 Å². The molecular weight excluding hydrogens is 290 g/mol. The lowest BCUT2D eigenvalue weighted by Gasteiger charge is -2.44. The van der Waals surface area contributed by atoms with Gasteiger partial charge < -0.3 is 9.88 Å². The third kappa shape index (κ3) is 2.55. The fraction of sp³-hybridized carbons (Fsp3) is 0.444. The van der Waals surface area contributed by atoms with E-state index >= 15 is 0 Å². The number of nitrogens with zero attached hydrogens (tertiary/aromatic N) is 2. The van der Waals surface area contributed by atoms with Crippen LogP contribution in [0.2, 0.25) is 0 Å². The second kappa shape index (κ2) is 5.81. The van der Waals surface area contributed by atoms with Crippen molar-refractivity contribution in [3.05, 3.63) is 46.2 Å². The number of piperazine rings is 1. The van der Waals surface area contributed by atoms with Crippen LogP contribution in [0.25, 0.3) is 10.9 Å². The van der Waals surface area contributed by atoms with Crippen LogP contribution >= 0.6 is 0 Å².